The fourth-order valence-corrected chi connectivity index (χ4v) is 1.96. The summed E-state index contributed by atoms with van der Waals surface area (Å²) < 4.78 is 5.36. The number of carbonyl (C=O) groups excluding carboxylic acids is 1. The highest BCUT2D eigenvalue weighted by molar-refractivity contribution is 6.30. The number of carbonyl (C=O) groups is 1. The van der Waals surface area contributed by atoms with Crippen LogP contribution in [0.1, 0.15) is 26.7 Å². The largest absolute Gasteiger partial charge is 0.381 e. The fourth-order valence-electron chi connectivity index (χ4n) is 1.83. The normalized spacial score (nSPS) is 23.1. The second kappa shape index (κ2) is 6.33. The van der Waals surface area contributed by atoms with Crippen molar-refractivity contribution in [3.63, 3.8) is 0 Å². The van der Waals surface area contributed by atoms with Crippen LogP contribution in [0.15, 0.2) is 0 Å². The molecule has 0 unspecified atom stereocenters. The van der Waals surface area contributed by atoms with Gasteiger partial charge in [-0.3, -0.25) is 4.79 Å². The predicted molar refractivity (Wildman–Crippen MR) is 61.1 cm³/mol. The van der Waals surface area contributed by atoms with Gasteiger partial charge in [0, 0.05) is 25.6 Å². The third-order valence-electron chi connectivity index (χ3n) is 2.78. The third-order valence-corrected chi connectivity index (χ3v) is 3.28. The molecule has 1 aliphatic heterocycles. The van der Waals surface area contributed by atoms with E-state index in [-0.39, 0.29) is 11.3 Å². The first-order valence-electron chi connectivity index (χ1n) is 5.69. The Labute approximate surface area is 96.7 Å². The summed E-state index contributed by atoms with van der Waals surface area (Å²) in [7, 11) is 0. The molecule has 1 saturated heterocycles. The monoisotopic (exact) mass is 233 g/mol. The van der Waals surface area contributed by atoms with Crippen LogP contribution in [0.2, 0.25) is 0 Å². The summed E-state index contributed by atoms with van der Waals surface area (Å²) in [5.74, 6) is 0.577. The lowest BCUT2D eigenvalue weighted by molar-refractivity contribution is -0.130. The number of halogens is 1. The van der Waals surface area contributed by atoms with Gasteiger partial charge in [0.05, 0.1) is 6.61 Å². The zero-order valence-corrected chi connectivity index (χ0v) is 10.3. The predicted octanol–water partition coefficient (Wildman–Crippen LogP) is 1.89. The van der Waals surface area contributed by atoms with Gasteiger partial charge >= 0.3 is 0 Å². The van der Waals surface area contributed by atoms with Gasteiger partial charge in [-0.25, -0.2) is 0 Å². The molecule has 1 fully saturated rings. The summed E-state index contributed by atoms with van der Waals surface area (Å²) >= 11 is 5.93. The minimum Gasteiger partial charge on any atom is -0.381 e. The Morgan fingerprint density at radius 3 is 2.93 bits per heavy atom. The minimum atomic E-state index is -0.351. The Bertz CT molecular complexity index is 211. The molecule has 4 heteroatoms. The van der Waals surface area contributed by atoms with E-state index in [1.165, 1.54) is 0 Å². The zero-order chi connectivity index (χ0) is 11.3. The van der Waals surface area contributed by atoms with Crippen LogP contribution in [0, 0.1) is 5.92 Å². The van der Waals surface area contributed by atoms with Gasteiger partial charge in [-0.15, -0.1) is 11.6 Å². The third kappa shape index (κ3) is 3.65. The number of nitrogens with zero attached hydrogens (tertiary/aromatic N) is 1. The molecular formula is C11H20ClNO2. The fraction of sp³-hybridized carbons (Fsp3) is 0.909. The Kier molecular flexibility index (Phi) is 5.40. The summed E-state index contributed by atoms with van der Waals surface area (Å²) in [4.78, 5) is 13.6. The van der Waals surface area contributed by atoms with E-state index in [1.54, 1.807) is 0 Å². The van der Waals surface area contributed by atoms with Crippen LogP contribution in [0.3, 0.4) is 0 Å². The van der Waals surface area contributed by atoms with Crippen molar-refractivity contribution in [1.29, 1.82) is 0 Å². The molecule has 0 N–H and O–H groups in total. The maximum Gasteiger partial charge on any atom is 0.240 e. The average Bonchev–Trinajstić information content (AvgIpc) is 2.72. The maximum absolute atomic E-state index is 11.7. The molecule has 1 aliphatic rings. The van der Waals surface area contributed by atoms with E-state index in [0.717, 1.165) is 32.7 Å². The molecular weight excluding hydrogens is 214 g/mol. The van der Waals surface area contributed by atoms with Gasteiger partial charge in [-0.05, 0) is 19.8 Å². The van der Waals surface area contributed by atoms with Crippen LogP contribution in [-0.2, 0) is 9.53 Å². The number of likely N-dealkylation sites (tertiary alicyclic amines) is 1. The molecule has 88 valence electrons. The zero-order valence-electron chi connectivity index (χ0n) is 9.54. The average molecular weight is 234 g/mol. The molecule has 0 aromatic heterocycles. The van der Waals surface area contributed by atoms with Crippen molar-refractivity contribution in [2.45, 2.75) is 32.1 Å². The van der Waals surface area contributed by atoms with Crippen molar-refractivity contribution in [2.75, 3.05) is 26.3 Å². The van der Waals surface area contributed by atoms with Crippen molar-refractivity contribution < 1.29 is 9.53 Å². The van der Waals surface area contributed by atoms with Crippen molar-refractivity contribution in [1.82, 2.24) is 4.90 Å². The number of alkyl halides is 1. The molecule has 1 heterocycles. The smallest absolute Gasteiger partial charge is 0.240 e. The summed E-state index contributed by atoms with van der Waals surface area (Å²) in [6.07, 6.45) is 1.74. The minimum absolute atomic E-state index is 0.0816. The van der Waals surface area contributed by atoms with Gasteiger partial charge in [-0.1, -0.05) is 6.92 Å². The van der Waals surface area contributed by atoms with Gasteiger partial charge < -0.3 is 9.64 Å². The Hall–Kier alpha value is -0.280. The van der Waals surface area contributed by atoms with E-state index < -0.39 is 0 Å². The van der Waals surface area contributed by atoms with Crippen LogP contribution in [0.4, 0.5) is 0 Å². The lowest BCUT2D eigenvalue weighted by Crippen LogP contribution is -2.35. The van der Waals surface area contributed by atoms with Crippen LogP contribution in [0.25, 0.3) is 0 Å². The summed E-state index contributed by atoms with van der Waals surface area (Å²) in [5, 5.41) is -0.351. The van der Waals surface area contributed by atoms with Crippen molar-refractivity contribution in [3.05, 3.63) is 0 Å². The number of amides is 1. The Morgan fingerprint density at radius 2 is 2.33 bits per heavy atom. The molecule has 0 aliphatic carbocycles. The lowest BCUT2D eigenvalue weighted by atomic mass is 10.1. The van der Waals surface area contributed by atoms with E-state index in [0.29, 0.717) is 12.3 Å². The highest BCUT2D eigenvalue weighted by Gasteiger charge is 2.29. The van der Waals surface area contributed by atoms with Crippen LogP contribution in [-0.4, -0.2) is 42.5 Å². The van der Waals surface area contributed by atoms with Crippen molar-refractivity contribution in [3.8, 4) is 0 Å². The van der Waals surface area contributed by atoms with E-state index in [9.17, 15) is 4.79 Å². The Morgan fingerprint density at radius 1 is 1.60 bits per heavy atom. The SMILES string of the molecule is CCOC[C@H]1CCN(C(=O)[C@H](Cl)CC)C1. The number of hydrogen-bond acceptors (Lipinski definition) is 2. The first kappa shape index (κ1) is 12.8. The van der Waals surface area contributed by atoms with Gasteiger partial charge in [0.15, 0.2) is 0 Å². The van der Waals surface area contributed by atoms with Crippen molar-refractivity contribution >= 4 is 17.5 Å². The molecule has 0 aromatic carbocycles. The first-order valence-corrected chi connectivity index (χ1v) is 6.13. The molecule has 0 bridgehead atoms. The van der Waals surface area contributed by atoms with Gasteiger partial charge in [-0.2, -0.15) is 0 Å². The second-order valence-corrected chi connectivity index (χ2v) is 4.50. The van der Waals surface area contributed by atoms with E-state index in [2.05, 4.69) is 0 Å². The summed E-state index contributed by atoms with van der Waals surface area (Å²) in [5.41, 5.74) is 0. The Balaban J connectivity index is 2.32. The number of rotatable bonds is 5. The van der Waals surface area contributed by atoms with E-state index >= 15 is 0 Å². The lowest BCUT2D eigenvalue weighted by Gasteiger charge is -2.19. The molecule has 0 aromatic rings. The molecule has 2 atom stereocenters. The first-order chi connectivity index (χ1) is 7.19. The summed E-state index contributed by atoms with van der Waals surface area (Å²) in [6.45, 7) is 7.08. The van der Waals surface area contributed by atoms with E-state index in [1.807, 2.05) is 18.7 Å². The van der Waals surface area contributed by atoms with Crippen molar-refractivity contribution in [2.24, 2.45) is 5.92 Å². The molecule has 0 saturated carbocycles. The maximum atomic E-state index is 11.7. The van der Waals surface area contributed by atoms with Gasteiger partial charge in [0.25, 0.3) is 0 Å². The molecule has 1 rings (SSSR count). The molecule has 3 nitrogen and oxygen atoms in total. The van der Waals surface area contributed by atoms with Crippen LogP contribution < -0.4 is 0 Å². The molecule has 15 heavy (non-hydrogen) atoms. The van der Waals surface area contributed by atoms with E-state index in [4.69, 9.17) is 16.3 Å². The standard InChI is InChI=1S/C11H20ClNO2/c1-3-10(12)11(14)13-6-5-9(7-13)8-15-4-2/h9-10H,3-8H2,1-2H3/t9-,10+/m0/s1. The summed E-state index contributed by atoms with van der Waals surface area (Å²) in [6, 6.07) is 0. The topological polar surface area (TPSA) is 29.5 Å². The van der Waals surface area contributed by atoms with Crippen LogP contribution >= 0.6 is 11.6 Å². The quantitative estimate of drug-likeness (QED) is 0.679. The molecule has 0 spiro atoms. The molecule has 1 amide bonds. The van der Waals surface area contributed by atoms with Gasteiger partial charge in [0.1, 0.15) is 5.38 Å². The second-order valence-electron chi connectivity index (χ2n) is 3.97. The number of ether oxygens (including phenoxy) is 1. The number of hydrogen-bond donors (Lipinski definition) is 0. The highest BCUT2D eigenvalue weighted by Crippen LogP contribution is 2.19. The van der Waals surface area contributed by atoms with Crippen LogP contribution in [0.5, 0.6) is 0 Å². The molecule has 0 radical (unpaired) electrons. The van der Waals surface area contributed by atoms with Gasteiger partial charge in [0.2, 0.25) is 5.91 Å². The highest BCUT2D eigenvalue weighted by atomic mass is 35.5.